The maximum atomic E-state index is 11.9. The van der Waals surface area contributed by atoms with Gasteiger partial charge in [-0.15, -0.1) is 0 Å². The predicted octanol–water partition coefficient (Wildman–Crippen LogP) is 4.11. The summed E-state index contributed by atoms with van der Waals surface area (Å²) in [5.74, 6) is 0.514. The van der Waals surface area contributed by atoms with Crippen LogP contribution in [0.2, 0.25) is 10.0 Å². The van der Waals surface area contributed by atoms with E-state index in [0.29, 0.717) is 28.8 Å². The Morgan fingerprint density at radius 3 is 2.62 bits per heavy atom. The lowest BCUT2D eigenvalue weighted by atomic mass is 10.2. The molecule has 0 saturated heterocycles. The second-order valence-corrected chi connectivity index (χ2v) is 5.31. The van der Waals surface area contributed by atoms with Crippen LogP contribution in [-0.4, -0.2) is 19.1 Å². The Balaban J connectivity index is 1.81. The Kier molecular flexibility index (Phi) is 5.48. The molecule has 0 atom stereocenters. The zero-order valence-corrected chi connectivity index (χ0v) is 13.0. The fourth-order valence-corrected chi connectivity index (χ4v) is 2.12. The van der Waals surface area contributed by atoms with Gasteiger partial charge in [0.1, 0.15) is 12.4 Å². The first-order valence-electron chi connectivity index (χ1n) is 6.49. The van der Waals surface area contributed by atoms with Crippen LogP contribution in [0.25, 0.3) is 0 Å². The quantitative estimate of drug-likeness (QED) is 0.841. The van der Waals surface area contributed by atoms with E-state index in [1.807, 2.05) is 13.0 Å². The van der Waals surface area contributed by atoms with Gasteiger partial charge in [0.15, 0.2) is 0 Å². The summed E-state index contributed by atoms with van der Waals surface area (Å²) in [5, 5.41) is 3.90. The van der Waals surface area contributed by atoms with Gasteiger partial charge in [-0.25, -0.2) is 0 Å². The zero-order chi connectivity index (χ0) is 15.2. The number of carbonyl (C=O) groups excluding carboxylic acids is 1. The highest BCUT2D eigenvalue weighted by Gasteiger charge is 2.08. The third-order valence-corrected chi connectivity index (χ3v) is 3.66. The third-order valence-electron chi connectivity index (χ3n) is 2.90. The summed E-state index contributed by atoms with van der Waals surface area (Å²) < 4.78 is 5.55. The molecule has 2 aromatic carbocycles. The summed E-state index contributed by atoms with van der Waals surface area (Å²) in [6, 6.07) is 12.4. The lowest BCUT2D eigenvalue weighted by Crippen LogP contribution is -2.28. The molecule has 0 aliphatic rings. The summed E-state index contributed by atoms with van der Waals surface area (Å²) in [6.07, 6.45) is 0. The standard InChI is InChI=1S/C16H15Cl2NO2/c1-11-10-12(6-7-14(11)17)21-9-8-19-16(20)13-4-2-3-5-15(13)18/h2-7,10H,8-9H2,1H3,(H,19,20). The molecule has 0 aliphatic carbocycles. The maximum Gasteiger partial charge on any atom is 0.252 e. The number of hydrogen-bond donors (Lipinski definition) is 1. The Bertz CT molecular complexity index is 644. The molecular formula is C16H15Cl2NO2. The second-order valence-electron chi connectivity index (χ2n) is 4.50. The molecule has 0 bridgehead atoms. The molecule has 1 amide bonds. The number of carbonyl (C=O) groups is 1. The first-order valence-corrected chi connectivity index (χ1v) is 7.25. The fraction of sp³-hybridized carbons (Fsp3) is 0.188. The average Bonchev–Trinajstić information content (AvgIpc) is 2.47. The fourth-order valence-electron chi connectivity index (χ4n) is 1.78. The van der Waals surface area contributed by atoms with Crippen LogP contribution in [0.1, 0.15) is 15.9 Å². The molecule has 0 heterocycles. The van der Waals surface area contributed by atoms with E-state index in [1.165, 1.54) is 0 Å². The summed E-state index contributed by atoms with van der Waals surface area (Å²) in [5.41, 5.74) is 1.41. The molecule has 0 saturated carbocycles. The molecule has 1 N–H and O–H groups in total. The number of rotatable bonds is 5. The van der Waals surface area contributed by atoms with Crippen molar-refractivity contribution in [2.45, 2.75) is 6.92 Å². The topological polar surface area (TPSA) is 38.3 Å². The molecule has 0 fully saturated rings. The van der Waals surface area contributed by atoms with Crippen LogP contribution >= 0.6 is 23.2 Å². The lowest BCUT2D eigenvalue weighted by molar-refractivity contribution is 0.0947. The number of halogens is 2. The van der Waals surface area contributed by atoms with E-state index in [1.54, 1.807) is 36.4 Å². The van der Waals surface area contributed by atoms with Gasteiger partial charge in [-0.05, 0) is 42.8 Å². The number of benzene rings is 2. The first-order chi connectivity index (χ1) is 10.1. The molecular weight excluding hydrogens is 309 g/mol. The van der Waals surface area contributed by atoms with Gasteiger partial charge in [0.2, 0.25) is 0 Å². The maximum absolute atomic E-state index is 11.9. The molecule has 110 valence electrons. The van der Waals surface area contributed by atoms with Crippen molar-refractivity contribution in [3.63, 3.8) is 0 Å². The van der Waals surface area contributed by atoms with E-state index < -0.39 is 0 Å². The minimum Gasteiger partial charge on any atom is -0.492 e. The van der Waals surface area contributed by atoms with Crippen molar-refractivity contribution in [3.05, 3.63) is 63.6 Å². The number of ether oxygens (including phenoxy) is 1. The van der Waals surface area contributed by atoms with E-state index in [-0.39, 0.29) is 5.91 Å². The van der Waals surface area contributed by atoms with Gasteiger partial charge in [0.05, 0.1) is 17.1 Å². The van der Waals surface area contributed by atoms with Crippen molar-refractivity contribution in [2.75, 3.05) is 13.2 Å². The molecule has 2 rings (SSSR count). The normalized spacial score (nSPS) is 10.2. The van der Waals surface area contributed by atoms with Gasteiger partial charge in [0.25, 0.3) is 5.91 Å². The zero-order valence-electron chi connectivity index (χ0n) is 11.5. The van der Waals surface area contributed by atoms with Crippen LogP contribution in [0.15, 0.2) is 42.5 Å². The van der Waals surface area contributed by atoms with Gasteiger partial charge in [-0.3, -0.25) is 4.79 Å². The Hall–Kier alpha value is -1.71. The Morgan fingerprint density at radius 1 is 1.14 bits per heavy atom. The monoisotopic (exact) mass is 323 g/mol. The van der Waals surface area contributed by atoms with Crippen LogP contribution in [0.4, 0.5) is 0 Å². The van der Waals surface area contributed by atoms with E-state index in [0.717, 1.165) is 11.3 Å². The molecule has 0 aliphatic heterocycles. The SMILES string of the molecule is Cc1cc(OCCNC(=O)c2ccccc2Cl)ccc1Cl. The molecule has 3 nitrogen and oxygen atoms in total. The van der Waals surface area contributed by atoms with Gasteiger partial charge >= 0.3 is 0 Å². The number of aryl methyl sites for hydroxylation is 1. The van der Waals surface area contributed by atoms with Gasteiger partial charge < -0.3 is 10.1 Å². The van der Waals surface area contributed by atoms with Crippen molar-refractivity contribution >= 4 is 29.1 Å². The highest BCUT2D eigenvalue weighted by molar-refractivity contribution is 6.33. The van der Waals surface area contributed by atoms with Crippen molar-refractivity contribution < 1.29 is 9.53 Å². The molecule has 0 radical (unpaired) electrons. The Morgan fingerprint density at radius 2 is 1.90 bits per heavy atom. The van der Waals surface area contributed by atoms with Crippen molar-refractivity contribution in [2.24, 2.45) is 0 Å². The van der Waals surface area contributed by atoms with Crippen LogP contribution in [0, 0.1) is 6.92 Å². The Labute approximate surface area is 133 Å². The molecule has 21 heavy (non-hydrogen) atoms. The summed E-state index contributed by atoms with van der Waals surface area (Å²) in [4.78, 5) is 11.9. The van der Waals surface area contributed by atoms with Gasteiger partial charge in [0, 0.05) is 5.02 Å². The van der Waals surface area contributed by atoms with Crippen LogP contribution in [0.5, 0.6) is 5.75 Å². The molecule has 0 spiro atoms. The van der Waals surface area contributed by atoms with E-state index in [2.05, 4.69) is 5.32 Å². The minimum absolute atomic E-state index is 0.212. The number of nitrogens with one attached hydrogen (secondary N) is 1. The largest absolute Gasteiger partial charge is 0.492 e. The van der Waals surface area contributed by atoms with Crippen LogP contribution in [0.3, 0.4) is 0 Å². The third kappa shape index (κ3) is 4.38. The van der Waals surface area contributed by atoms with Crippen molar-refractivity contribution in [1.29, 1.82) is 0 Å². The van der Waals surface area contributed by atoms with E-state index in [9.17, 15) is 4.79 Å². The van der Waals surface area contributed by atoms with Gasteiger partial charge in [-0.1, -0.05) is 35.3 Å². The molecule has 0 unspecified atom stereocenters. The van der Waals surface area contributed by atoms with Gasteiger partial charge in [-0.2, -0.15) is 0 Å². The number of amides is 1. The number of hydrogen-bond acceptors (Lipinski definition) is 2. The van der Waals surface area contributed by atoms with Crippen molar-refractivity contribution in [3.8, 4) is 5.75 Å². The molecule has 5 heteroatoms. The summed E-state index contributed by atoms with van der Waals surface area (Å²) >= 11 is 11.9. The average molecular weight is 324 g/mol. The molecule has 0 aromatic heterocycles. The van der Waals surface area contributed by atoms with Crippen LogP contribution < -0.4 is 10.1 Å². The highest BCUT2D eigenvalue weighted by Crippen LogP contribution is 2.20. The summed E-state index contributed by atoms with van der Waals surface area (Å²) in [6.45, 7) is 2.68. The smallest absolute Gasteiger partial charge is 0.252 e. The minimum atomic E-state index is -0.212. The van der Waals surface area contributed by atoms with E-state index >= 15 is 0 Å². The second kappa shape index (κ2) is 7.34. The summed E-state index contributed by atoms with van der Waals surface area (Å²) in [7, 11) is 0. The highest BCUT2D eigenvalue weighted by atomic mass is 35.5. The van der Waals surface area contributed by atoms with E-state index in [4.69, 9.17) is 27.9 Å². The molecule has 2 aromatic rings. The predicted molar refractivity (Wildman–Crippen MR) is 85.5 cm³/mol. The first kappa shape index (κ1) is 15.7. The lowest BCUT2D eigenvalue weighted by Gasteiger charge is -2.09. The van der Waals surface area contributed by atoms with Crippen molar-refractivity contribution in [1.82, 2.24) is 5.32 Å². The van der Waals surface area contributed by atoms with Crippen LogP contribution in [-0.2, 0) is 0 Å².